The summed E-state index contributed by atoms with van der Waals surface area (Å²) in [4.78, 5) is 27.0. The van der Waals surface area contributed by atoms with Gasteiger partial charge in [-0.3, -0.25) is 18.7 Å². The topological polar surface area (TPSA) is 124 Å². The molecule has 0 radical (unpaired) electrons. The Bertz CT molecular complexity index is 1640. The van der Waals surface area contributed by atoms with Crippen molar-refractivity contribution < 1.29 is 9.26 Å². The Morgan fingerprint density at radius 1 is 1.21 bits per heavy atom. The third-order valence-corrected chi connectivity index (χ3v) is 6.00. The second kappa shape index (κ2) is 8.06. The first-order valence-corrected chi connectivity index (χ1v) is 10.6. The van der Waals surface area contributed by atoms with Crippen molar-refractivity contribution in [2.75, 3.05) is 7.11 Å². The third-order valence-electron chi connectivity index (χ3n) is 5.69. The molecule has 0 aliphatic heterocycles. The predicted molar refractivity (Wildman–Crippen MR) is 123 cm³/mol. The summed E-state index contributed by atoms with van der Waals surface area (Å²) in [6.07, 6.45) is 3.13. The van der Waals surface area contributed by atoms with E-state index < -0.39 is 11.2 Å². The highest BCUT2D eigenvalue weighted by molar-refractivity contribution is 6.32. The molecule has 0 aliphatic carbocycles. The van der Waals surface area contributed by atoms with Gasteiger partial charge in [0.25, 0.3) is 11.4 Å². The van der Waals surface area contributed by atoms with Crippen LogP contribution in [-0.4, -0.2) is 36.2 Å². The maximum absolute atomic E-state index is 13.8. The molecule has 0 bridgehead atoms. The smallest absolute Gasteiger partial charge is 0.279 e. The fraction of sp³-hybridized carbons (Fsp3) is 0.217. The van der Waals surface area contributed by atoms with E-state index in [-0.39, 0.29) is 34.2 Å². The molecule has 34 heavy (non-hydrogen) atoms. The van der Waals surface area contributed by atoms with E-state index >= 15 is 0 Å². The van der Waals surface area contributed by atoms with Crippen LogP contribution in [0.1, 0.15) is 30.9 Å². The van der Waals surface area contributed by atoms with E-state index in [4.69, 9.17) is 20.9 Å². The number of nitriles is 1. The van der Waals surface area contributed by atoms with Crippen LogP contribution < -0.4 is 5.56 Å². The number of imidazole rings is 1. The molecule has 0 amide bonds. The van der Waals surface area contributed by atoms with Crippen LogP contribution >= 0.6 is 11.6 Å². The van der Waals surface area contributed by atoms with Gasteiger partial charge < -0.3 is 9.26 Å². The van der Waals surface area contributed by atoms with Crippen molar-refractivity contribution in [3.05, 3.63) is 75.3 Å². The van der Waals surface area contributed by atoms with Crippen LogP contribution in [0.25, 0.3) is 28.1 Å². The second-order valence-electron chi connectivity index (χ2n) is 8.06. The summed E-state index contributed by atoms with van der Waals surface area (Å²) in [6.45, 7) is 3.72. The van der Waals surface area contributed by atoms with Gasteiger partial charge in [-0.1, -0.05) is 22.8 Å². The van der Waals surface area contributed by atoms with Crippen LogP contribution in [0.4, 0.5) is 0 Å². The first-order chi connectivity index (χ1) is 16.4. The van der Waals surface area contributed by atoms with Crippen molar-refractivity contribution in [2.24, 2.45) is 0 Å². The van der Waals surface area contributed by atoms with E-state index in [9.17, 15) is 10.1 Å². The number of hydrogen-bond donors (Lipinski definition) is 0. The molecule has 10 nitrogen and oxygen atoms in total. The Balaban J connectivity index is 1.83. The maximum Gasteiger partial charge on any atom is 0.279 e. The van der Waals surface area contributed by atoms with Gasteiger partial charge in [0.2, 0.25) is 5.82 Å². The molecule has 0 saturated heterocycles. The van der Waals surface area contributed by atoms with Crippen LogP contribution in [-0.2, 0) is 16.9 Å². The Hall–Kier alpha value is -4.07. The molecule has 0 fully saturated rings. The Kier molecular flexibility index (Phi) is 5.16. The summed E-state index contributed by atoms with van der Waals surface area (Å²) in [7, 11) is 1.54. The van der Waals surface area contributed by atoms with Crippen LogP contribution in [0.5, 0.6) is 0 Å². The molecule has 0 unspecified atom stereocenters. The SMILES string of the molecule is COC(C)(C)c1noc(-c2ncn3c2c(=O)n(Cc2ccccn2)c2c(C#N)c(Cl)ccc23)n1. The minimum atomic E-state index is -0.790. The van der Waals surface area contributed by atoms with Crippen molar-refractivity contribution in [1.82, 2.24) is 29.1 Å². The van der Waals surface area contributed by atoms with Gasteiger partial charge >= 0.3 is 0 Å². The van der Waals surface area contributed by atoms with Crippen LogP contribution in [0.3, 0.4) is 0 Å². The number of pyridine rings is 1. The number of rotatable bonds is 5. The van der Waals surface area contributed by atoms with Gasteiger partial charge in [-0.2, -0.15) is 10.2 Å². The number of aromatic nitrogens is 6. The quantitative estimate of drug-likeness (QED) is 0.378. The van der Waals surface area contributed by atoms with Crippen LogP contribution in [0.2, 0.25) is 5.02 Å². The lowest BCUT2D eigenvalue weighted by Gasteiger charge is -2.17. The van der Waals surface area contributed by atoms with Gasteiger partial charge in [-0.25, -0.2) is 4.98 Å². The van der Waals surface area contributed by atoms with Gasteiger partial charge in [-0.05, 0) is 38.1 Å². The zero-order valence-electron chi connectivity index (χ0n) is 18.5. The molecular formula is C23H18ClN7O3. The van der Waals surface area contributed by atoms with Crippen molar-refractivity contribution in [3.63, 3.8) is 0 Å². The molecule has 0 aliphatic rings. The Morgan fingerprint density at radius 3 is 2.74 bits per heavy atom. The number of methoxy groups -OCH3 is 1. The average molecular weight is 476 g/mol. The van der Waals surface area contributed by atoms with Crippen molar-refractivity contribution in [3.8, 4) is 17.7 Å². The van der Waals surface area contributed by atoms with Gasteiger partial charge in [-0.15, -0.1) is 0 Å². The Labute approximate surface area is 198 Å². The molecule has 11 heteroatoms. The normalized spacial score (nSPS) is 11.9. The lowest BCUT2D eigenvalue weighted by Crippen LogP contribution is -2.25. The summed E-state index contributed by atoms with van der Waals surface area (Å²) in [5.74, 6) is 0.400. The number of halogens is 1. The highest BCUT2D eigenvalue weighted by atomic mass is 35.5. The summed E-state index contributed by atoms with van der Waals surface area (Å²) >= 11 is 6.32. The largest absolute Gasteiger partial charge is 0.371 e. The van der Waals surface area contributed by atoms with Crippen LogP contribution in [0, 0.1) is 11.3 Å². The Morgan fingerprint density at radius 2 is 2.03 bits per heavy atom. The van der Waals surface area contributed by atoms with Gasteiger partial charge in [0, 0.05) is 13.3 Å². The zero-order chi connectivity index (χ0) is 24.0. The van der Waals surface area contributed by atoms with Gasteiger partial charge in [0.15, 0.2) is 5.69 Å². The third kappa shape index (κ3) is 3.34. The summed E-state index contributed by atoms with van der Waals surface area (Å²) in [5, 5.41) is 14.1. The number of ether oxygens (including phenoxy) is 1. The highest BCUT2D eigenvalue weighted by Crippen LogP contribution is 2.30. The molecule has 0 saturated carbocycles. The molecule has 1 aromatic carbocycles. The fourth-order valence-corrected chi connectivity index (χ4v) is 3.91. The number of nitrogens with zero attached hydrogens (tertiary/aromatic N) is 7. The highest BCUT2D eigenvalue weighted by Gasteiger charge is 2.29. The van der Waals surface area contributed by atoms with Gasteiger partial charge in [0.1, 0.15) is 23.5 Å². The molecule has 0 N–H and O–H groups in total. The van der Waals surface area contributed by atoms with Gasteiger partial charge in [0.05, 0.1) is 33.9 Å². The average Bonchev–Trinajstić information content (AvgIpc) is 3.50. The lowest BCUT2D eigenvalue weighted by molar-refractivity contribution is 0.00973. The number of fused-ring (bicyclic) bond motifs is 3. The second-order valence-corrected chi connectivity index (χ2v) is 8.47. The predicted octanol–water partition coefficient (Wildman–Crippen LogP) is 3.55. The first-order valence-electron chi connectivity index (χ1n) is 10.3. The van der Waals surface area contributed by atoms with Crippen LogP contribution in [0.15, 0.2) is 52.2 Å². The molecule has 5 rings (SSSR count). The van der Waals surface area contributed by atoms with E-state index in [0.29, 0.717) is 22.6 Å². The zero-order valence-corrected chi connectivity index (χ0v) is 19.2. The summed E-state index contributed by atoms with van der Waals surface area (Å²) in [6, 6.07) is 10.9. The molecule has 4 aromatic heterocycles. The van der Waals surface area contributed by atoms with E-state index in [1.54, 1.807) is 55.8 Å². The molecule has 170 valence electrons. The monoisotopic (exact) mass is 475 g/mol. The van der Waals surface area contributed by atoms with Crippen molar-refractivity contribution >= 4 is 28.2 Å². The summed E-state index contributed by atoms with van der Waals surface area (Å²) in [5.41, 5.74) is 1.03. The molecule has 0 atom stereocenters. The first kappa shape index (κ1) is 21.8. The number of benzene rings is 1. The lowest BCUT2D eigenvalue weighted by atomic mass is 10.1. The van der Waals surface area contributed by atoms with Crippen molar-refractivity contribution in [2.45, 2.75) is 26.0 Å². The minimum Gasteiger partial charge on any atom is -0.371 e. The van der Waals surface area contributed by atoms with E-state index in [1.807, 2.05) is 6.07 Å². The maximum atomic E-state index is 13.8. The molecular weight excluding hydrogens is 458 g/mol. The standard InChI is InChI=1S/C23H18ClN7O3/c1-23(2,33-3)22-28-20(34-29-22)17-19-21(32)30(11-13-6-4-5-9-26-13)18-14(10-25)15(24)7-8-16(18)31(19)12-27-17/h4-9,12H,11H2,1-3H3. The molecule has 0 spiro atoms. The molecule has 5 aromatic rings. The minimum absolute atomic E-state index is 0.0814. The fourth-order valence-electron chi connectivity index (χ4n) is 3.71. The molecule has 4 heterocycles. The van der Waals surface area contributed by atoms with E-state index in [2.05, 4.69) is 26.2 Å². The summed E-state index contributed by atoms with van der Waals surface area (Å²) < 4.78 is 13.9. The van der Waals surface area contributed by atoms with E-state index in [1.165, 1.54) is 10.9 Å². The van der Waals surface area contributed by atoms with E-state index in [0.717, 1.165) is 0 Å². The number of hydrogen-bond acceptors (Lipinski definition) is 8. The van der Waals surface area contributed by atoms with Crippen molar-refractivity contribution in [1.29, 1.82) is 5.26 Å².